The molecule has 11 atom stereocenters. The number of carbonyl (C=O) groups is 2. The van der Waals surface area contributed by atoms with Crippen LogP contribution < -0.4 is 5.32 Å². The summed E-state index contributed by atoms with van der Waals surface area (Å²) in [4.78, 5) is 34.2. The molecule has 6 aliphatic rings. The van der Waals surface area contributed by atoms with Gasteiger partial charge in [0.2, 0.25) is 5.91 Å². The van der Waals surface area contributed by atoms with E-state index in [-0.39, 0.29) is 53.4 Å². The first-order chi connectivity index (χ1) is 23.0. The molecule has 3 N–H and O–H groups in total. The summed E-state index contributed by atoms with van der Waals surface area (Å²) in [5.74, 6) is -1.24. The summed E-state index contributed by atoms with van der Waals surface area (Å²) in [5.41, 5.74) is -1.70. The third kappa shape index (κ3) is 4.19. The molecule has 5 aliphatic carbocycles. The largest absolute Gasteiger partial charge is 0.454 e. The van der Waals surface area contributed by atoms with E-state index < -0.39 is 28.2 Å². The van der Waals surface area contributed by atoms with E-state index in [2.05, 4.69) is 22.1 Å². The van der Waals surface area contributed by atoms with Gasteiger partial charge in [-0.05, 0) is 81.8 Å². The first-order valence-corrected chi connectivity index (χ1v) is 17.5. The van der Waals surface area contributed by atoms with Crippen LogP contribution in [0, 0.1) is 36.0 Å². The fourth-order valence-electron chi connectivity index (χ4n) is 12.0. The van der Waals surface area contributed by atoms with Crippen LogP contribution in [0.3, 0.4) is 0 Å². The van der Waals surface area contributed by atoms with Gasteiger partial charge in [0.1, 0.15) is 11.2 Å². The highest BCUT2D eigenvalue weighted by Crippen LogP contribution is 2.79. The zero-order valence-corrected chi connectivity index (χ0v) is 28.2. The third-order valence-corrected chi connectivity index (χ3v) is 13.6. The monoisotopic (exact) mass is 657 g/mol. The van der Waals surface area contributed by atoms with Gasteiger partial charge in [0, 0.05) is 68.2 Å². The number of hydrogen-bond acceptors (Lipinski definition) is 9. The van der Waals surface area contributed by atoms with Gasteiger partial charge in [-0.25, -0.2) is 4.79 Å². The maximum atomic E-state index is 14.3. The SMILES string of the molecule is CCN1C[C@]2(OC(=O)c3ccccc3NC(=O)/C=C/c3cccc(C)n3)CC[C@H](OC)[C@]34C1[C@@H](C[C@H]23)[C@@]1(O)C[C@H](OC)[C@H]2C[C@@H]4[C@]1(O)C2. The number of ether oxygens (including phenoxy) is 3. The Morgan fingerprint density at radius 3 is 2.60 bits per heavy atom. The predicted octanol–water partition coefficient (Wildman–Crippen LogP) is 3.99. The standard InChI is InChI=1S/C38H47N3O7/c1-5-41-21-35(48-34(43)25-11-6-7-12-27(25)40-32(42)14-13-24-10-8-9-22(2)39-24)16-15-31(47-4)38-29(35)18-26(33(38)41)36(44)20-28(46-3)23-17-30(38)37(36,45)19-23/h6-14,23,26,28-31,33,44-45H,5,15-21H2,1-4H3,(H,40,42)/b14-13+/t23-,26+,28-,29+,30+,31-,33?,35+,36-,37+,38-/m0/s1. The number of rotatable bonds is 8. The number of para-hydroxylation sites is 1. The van der Waals surface area contributed by atoms with Gasteiger partial charge >= 0.3 is 5.97 Å². The molecular formula is C38H47N3O7. The van der Waals surface area contributed by atoms with E-state index in [1.54, 1.807) is 44.6 Å². The number of fused-ring (bicyclic) bond motifs is 2. The Labute approximate surface area is 281 Å². The molecular weight excluding hydrogens is 610 g/mol. The number of esters is 1. The molecule has 8 rings (SSSR count). The second-order valence-corrected chi connectivity index (χ2v) is 15.3. The van der Waals surface area contributed by atoms with E-state index in [9.17, 15) is 19.8 Å². The number of aromatic nitrogens is 1. The Hall–Kier alpha value is -3.15. The minimum absolute atomic E-state index is 0.00420. The Kier molecular flexibility index (Phi) is 7.47. The number of nitrogens with zero attached hydrogens (tertiary/aromatic N) is 2. The summed E-state index contributed by atoms with van der Waals surface area (Å²) in [6.45, 7) is 5.30. The van der Waals surface area contributed by atoms with Crippen molar-refractivity contribution < 1.29 is 34.0 Å². The number of piperidine rings is 1. The van der Waals surface area contributed by atoms with Gasteiger partial charge in [0.25, 0.3) is 0 Å². The summed E-state index contributed by atoms with van der Waals surface area (Å²) in [7, 11) is 3.49. The van der Waals surface area contributed by atoms with Crippen molar-refractivity contribution in [3.05, 3.63) is 65.5 Å². The van der Waals surface area contributed by atoms with Crippen molar-refractivity contribution in [3.8, 4) is 0 Å². The highest BCUT2D eigenvalue weighted by atomic mass is 16.6. The molecule has 7 bridgehead atoms. The molecule has 1 aliphatic heterocycles. The van der Waals surface area contributed by atoms with Gasteiger partial charge in [0.15, 0.2) is 0 Å². The van der Waals surface area contributed by atoms with E-state index in [1.165, 1.54) is 6.08 Å². The highest BCUT2D eigenvalue weighted by Gasteiger charge is 2.87. The summed E-state index contributed by atoms with van der Waals surface area (Å²) in [6.07, 6.45) is 6.44. The molecule has 10 heteroatoms. The van der Waals surface area contributed by atoms with Gasteiger partial charge in [-0.15, -0.1) is 0 Å². The topological polar surface area (TPSA) is 130 Å². The van der Waals surface area contributed by atoms with Gasteiger partial charge in [0.05, 0.1) is 34.8 Å². The highest BCUT2D eigenvalue weighted by molar-refractivity contribution is 6.06. The normalized spacial score (nSPS) is 42.2. The maximum absolute atomic E-state index is 14.3. The quantitative estimate of drug-likeness (QED) is 0.285. The fraction of sp³-hybridized carbons (Fsp3) is 0.605. The van der Waals surface area contributed by atoms with Crippen molar-refractivity contribution in [2.45, 2.75) is 87.4 Å². The molecule has 1 amide bonds. The van der Waals surface area contributed by atoms with Crippen LogP contribution in [0.1, 0.15) is 67.2 Å². The van der Waals surface area contributed by atoms with Crippen LogP contribution >= 0.6 is 0 Å². The summed E-state index contributed by atoms with van der Waals surface area (Å²) in [5, 5.41) is 28.2. The van der Waals surface area contributed by atoms with Gasteiger partial charge < -0.3 is 29.7 Å². The lowest BCUT2D eigenvalue weighted by Crippen LogP contribution is -2.81. The number of nitrogens with one attached hydrogen (secondary N) is 1. The van der Waals surface area contributed by atoms with Crippen LogP contribution in [0.4, 0.5) is 5.69 Å². The summed E-state index contributed by atoms with van der Waals surface area (Å²) >= 11 is 0. The lowest BCUT2D eigenvalue weighted by molar-refractivity contribution is -0.317. The van der Waals surface area contributed by atoms with Crippen molar-refractivity contribution >= 4 is 23.6 Å². The number of anilines is 1. The molecule has 1 saturated heterocycles. The number of pyridine rings is 1. The number of likely N-dealkylation sites (tertiary alicyclic amines) is 1. The van der Waals surface area contributed by atoms with Crippen molar-refractivity contribution in [2.75, 3.05) is 32.6 Å². The maximum Gasteiger partial charge on any atom is 0.340 e. The van der Waals surface area contributed by atoms with Crippen molar-refractivity contribution in [3.63, 3.8) is 0 Å². The number of amides is 1. The minimum atomic E-state index is -1.30. The average Bonchev–Trinajstić information content (AvgIpc) is 3.55. The van der Waals surface area contributed by atoms with Gasteiger partial charge in [-0.3, -0.25) is 14.7 Å². The smallest absolute Gasteiger partial charge is 0.340 e. The van der Waals surface area contributed by atoms with Crippen LogP contribution in [0.2, 0.25) is 0 Å². The molecule has 48 heavy (non-hydrogen) atoms. The molecule has 5 saturated carbocycles. The number of aliphatic hydroxyl groups is 2. The lowest BCUT2D eigenvalue weighted by Gasteiger charge is -2.70. The first kappa shape index (κ1) is 32.1. The van der Waals surface area contributed by atoms with Crippen LogP contribution in [0.25, 0.3) is 6.08 Å². The molecule has 1 aromatic carbocycles. The van der Waals surface area contributed by atoms with E-state index in [1.807, 2.05) is 25.1 Å². The van der Waals surface area contributed by atoms with E-state index in [4.69, 9.17) is 14.2 Å². The molecule has 256 valence electrons. The van der Waals surface area contributed by atoms with Crippen molar-refractivity contribution in [1.29, 1.82) is 0 Å². The van der Waals surface area contributed by atoms with E-state index in [0.29, 0.717) is 50.0 Å². The number of benzene rings is 1. The third-order valence-electron chi connectivity index (χ3n) is 13.6. The van der Waals surface area contributed by atoms with Crippen molar-refractivity contribution in [2.24, 2.45) is 29.1 Å². The predicted molar refractivity (Wildman–Crippen MR) is 178 cm³/mol. The zero-order chi connectivity index (χ0) is 33.6. The van der Waals surface area contributed by atoms with Crippen LogP contribution in [0.5, 0.6) is 0 Å². The van der Waals surface area contributed by atoms with Crippen molar-refractivity contribution in [1.82, 2.24) is 9.88 Å². The Bertz CT molecular complexity index is 1670. The Balaban J connectivity index is 1.14. The number of hydrogen-bond donors (Lipinski definition) is 3. The molecule has 2 aromatic rings. The Morgan fingerprint density at radius 1 is 1.04 bits per heavy atom. The second kappa shape index (κ2) is 11.2. The van der Waals surface area contributed by atoms with Crippen LogP contribution in [-0.2, 0) is 19.0 Å². The number of likely N-dealkylation sites (N-methyl/N-ethyl adjacent to an activating group) is 1. The average molecular weight is 658 g/mol. The van der Waals surface area contributed by atoms with E-state index >= 15 is 0 Å². The van der Waals surface area contributed by atoms with Gasteiger partial charge in [-0.2, -0.15) is 0 Å². The molecule has 10 nitrogen and oxygen atoms in total. The molecule has 2 heterocycles. The minimum Gasteiger partial charge on any atom is -0.454 e. The molecule has 6 fully saturated rings. The summed E-state index contributed by atoms with van der Waals surface area (Å²) in [6, 6.07) is 12.6. The zero-order valence-electron chi connectivity index (χ0n) is 28.2. The summed E-state index contributed by atoms with van der Waals surface area (Å²) < 4.78 is 19.1. The number of carbonyl (C=O) groups excluding carboxylic acids is 2. The number of methoxy groups -OCH3 is 2. The first-order valence-electron chi connectivity index (χ1n) is 17.5. The Morgan fingerprint density at radius 2 is 1.85 bits per heavy atom. The van der Waals surface area contributed by atoms with Crippen LogP contribution in [0.15, 0.2) is 48.5 Å². The lowest BCUT2D eigenvalue weighted by atomic mass is 9.44. The number of aryl methyl sites for hydroxylation is 1. The fourth-order valence-corrected chi connectivity index (χ4v) is 12.0. The second-order valence-electron chi connectivity index (χ2n) is 15.3. The molecule has 0 radical (unpaired) electrons. The molecule has 1 spiro atoms. The molecule has 1 aromatic heterocycles. The molecule has 1 unspecified atom stereocenters. The van der Waals surface area contributed by atoms with E-state index in [0.717, 1.165) is 18.7 Å². The van der Waals surface area contributed by atoms with Crippen LogP contribution in [-0.4, -0.2) is 94.3 Å². The van der Waals surface area contributed by atoms with Gasteiger partial charge in [-0.1, -0.05) is 25.1 Å².